The van der Waals surface area contributed by atoms with E-state index in [4.69, 9.17) is 5.73 Å². The van der Waals surface area contributed by atoms with Crippen molar-refractivity contribution < 1.29 is 0 Å². The van der Waals surface area contributed by atoms with Gasteiger partial charge in [0.05, 0.1) is 0 Å². The lowest BCUT2D eigenvalue weighted by molar-refractivity contribution is 0.876. The molecule has 1 aromatic heterocycles. The Morgan fingerprint density at radius 2 is 1.75 bits per heavy atom. The van der Waals surface area contributed by atoms with Crippen LogP contribution in [0.5, 0.6) is 0 Å². The van der Waals surface area contributed by atoms with Gasteiger partial charge in [-0.25, -0.2) is 0 Å². The normalized spacial score (nSPS) is 10.4. The molecule has 0 fully saturated rings. The first-order chi connectivity index (χ1) is 7.58. The third kappa shape index (κ3) is 2.02. The van der Waals surface area contributed by atoms with E-state index < -0.39 is 0 Å². The fourth-order valence-electron chi connectivity index (χ4n) is 1.46. The van der Waals surface area contributed by atoms with Crippen LogP contribution in [0.1, 0.15) is 0 Å². The molecule has 2 aromatic rings. The fourth-order valence-corrected chi connectivity index (χ4v) is 1.73. The molecule has 16 heavy (non-hydrogen) atoms. The monoisotopic (exact) mass is 278 g/mol. The predicted octanol–water partition coefficient (Wildman–Crippen LogP) is 2.40. The summed E-state index contributed by atoms with van der Waals surface area (Å²) in [5.74, 6) is 0.463. The van der Waals surface area contributed by atoms with Crippen molar-refractivity contribution in [3.63, 3.8) is 0 Å². The average Bonchev–Trinajstić information content (AvgIpc) is 2.26. The van der Waals surface area contributed by atoms with Crippen LogP contribution >= 0.6 is 15.9 Å². The first-order valence-electron chi connectivity index (χ1n) is 4.80. The number of pyridine rings is 1. The van der Waals surface area contributed by atoms with Crippen molar-refractivity contribution in [1.29, 1.82) is 0 Å². The Bertz CT molecular complexity index is 573. The van der Waals surface area contributed by atoms with Crippen LogP contribution in [0.3, 0.4) is 0 Å². The molecule has 0 saturated heterocycles. The number of rotatable bonds is 1. The van der Waals surface area contributed by atoms with Gasteiger partial charge in [0.1, 0.15) is 5.82 Å². The Balaban J connectivity index is 2.57. The van der Waals surface area contributed by atoms with Gasteiger partial charge in [-0.1, -0.05) is 28.1 Å². The smallest absolute Gasteiger partial charge is 0.252 e. The average molecular weight is 279 g/mol. The molecular weight excluding hydrogens is 268 g/mol. The molecule has 4 heteroatoms. The highest BCUT2D eigenvalue weighted by molar-refractivity contribution is 9.10. The molecule has 0 amide bonds. The molecule has 1 aromatic carbocycles. The fraction of sp³-hybridized carbons (Fsp3) is 0.0833. The molecule has 2 rings (SSSR count). The van der Waals surface area contributed by atoms with Crippen molar-refractivity contribution in [2.24, 2.45) is 7.05 Å². The summed E-state index contributed by atoms with van der Waals surface area (Å²) in [4.78, 5) is 11.6. The maximum Gasteiger partial charge on any atom is 0.252 e. The van der Waals surface area contributed by atoms with Gasteiger partial charge in [0, 0.05) is 17.6 Å². The zero-order valence-corrected chi connectivity index (χ0v) is 10.4. The van der Waals surface area contributed by atoms with Crippen LogP contribution in [0, 0.1) is 0 Å². The minimum absolute atomic E-state index is 0.0991. The van der Waals surface area contributed by atoms with Gasteiger partial charge in [-0.2, -0.15) is 0 Å². The van der Waals surface area contributed by atoms with E-state index in [1.807, 2.05) is 24.3 Å². The first-order valence-corrected chi connectivity index (χ1v) is 5.60. The predicted molar refractivity (Wildman–Crippen MR) is 69.2 cm³/mol. The maximum atomic E-state index is 11.6. The summed E-state index contributed by atoms with van der Waals surface area (Å²) in [5.41, 5.74) is 7.46. The number of hydrogen-bond acceptors (Lipinski definition) is 2. The number of halogens is 1. The molecule has 0 bridgehead atoms. The van der Waals surface area contributed by atoms with Crippen LogP contribution < -0.4 is 11.3 Å². The van der Waals surface area contributed by atoms with Crippen molar-refractivity contribution in [3.05, 3.63) is 51.2 Å². The summed E-state index contributed by atoms with van der Waals surface area (Å²) in [6.07, 6.45) is 0. The van der Waals surface area contributed by atoms with Crippen LogP contribution in [0.2, 0.25) is 0 Å². The van der Waals surface area contributed by atoms with Crippen LogP contribution in [0.15, 0.2) is 45.7 Å². The zero-order valence-electron chi connectivity index (χ0n) is 8.77. The van der Waals surface area contributed by atoms with Gasteiger partial charge < -0.3 is 5.73 Å². The quantitative estimate of drug-likeness (QED) is 0.871. The lowest BCUT2D eigenvalue weighted by atomic mass is 10.1. The SMILES string of the molecule is Cn1c(N)cc(-c2ccc(Br)cc2)cc1=O. The van der Waals surface area contributed by atoms with Gasteiger partial charge >= 0.3 is 0 Å². The minimum atomic E-state index is -0.0991. The van der Waals surface area contributed by atoms with Crippen LogP contribution in [0.4, 0.5) is 5.82 Å². The molecule has 1 heterocycles. The molecule has 2 N–H and O–H groups in total. The number of nitrogen functional groups attached to an aromatic ring is 1. The third-order valence-electron chi connectivity index (χ3n) is 2.48. The lowest BCUT2D eigenvalue weighted by Gasteiger charge is -2.06. The number of benzene rings is 1. The van der Waals surface area contributed by atoms with Gasteiger partial charge in [-0.15, -0.1) is 0 Å². The number of hydrogen-bond donors (Lipinski definition) is 1. The van der Waals surface area contributed by atoms with E-state index in [0.717, 1.165) is 15.6 Å². The summed E-state index contributed by atoms with van der Waals surface area (Å²) in [6.45, 7) is 0. The highest BCUT2D eigenvalue weighted by Gasteiger charge is 2.02. The Morgan fingerprint density at radius 3 is 2.31 bits per heavy atom. The molecular formula is C12H11BrN2O. The largest absolute Gasteiger partial charge is 0.385 e. The Labute approximate surface area is 102 Å². The number of aromatic nitrogens is 1. The van der Waals surface area contributed by atoms with Crippen LogP contribution in [-0.4, -0.2) is 4.57 Å². The molecule has 0 aliphatic rings. The summed E-state index contributed by atoms with van der Waals surface area (Å²) in [6, 6.07) is 11.1. The van der Waals surface area contributed by atoms with Crippen molar-refractivity contribution >= 4 is 21.7 Å². The number of nitrogens with zero attached hydrogens (tertiary/aromatic N) is 1. The standard InChI is InChI=1S/C12H11BrN2O/c1-15-11(14)6-9(7-12(15)16)8-2-4-10(13)5-3-8/h2-7H,14H2,1H3. The molecule has 0 saturated carbocycles. The lowest BCUT2D eigenvalue weighted by Crippen LogP contribution is -2.18. The van der Waals surface area contributed by atoms with Gasteiger partial charge in [0.2, 0.25) is 0 Å². The van der Waals surface area contributed by atoms with Crippen molar-refractivity contribution in [2.45, 2.75) is 0 Å². The van der Waals surface area contributed by atoms with E-state index in [1.54, 1.807) is 19.2 Å². The zero-order chi connectivity index (χ0) is 11.7. The summed E-state index contributed by atoms with van der Waals surface area (Å²) < 4.78 is 2.43. The molecule has 0 unspecified atom stereocenters. The molecule has 0 aliphatic heterocycles. The maximum absolute atomic E-state index is 11.6. The second kappa shape index (κ2) is 4.14. The molecule has 3 nitrogen and oxygen atoms in total. The second-order valence-electron chi connectivity index (χ2n) is 3.57. The third-order valence-corrected chi connectivity index (χ3v) is 3.01. The van der Waals surface area contributed by atoms with Gasteiger partial charge in [-0.3, -0.25) is 9.36 Å². The Hall–Kier alpha value is -1.55. The molecule has 0 aliphatic carbocycles. The van der Waals surface area contributed by atoms with E-state index in [0.29, 0.717) is 5.82 Å². The summed E-state index contributed by atoms with van der Waals surface area (Å²) >= 11 is 3.37. The molecule has 82 valence electrons. The van der Waals surface area contributed by atoms with E-state index in [-0.39, 0.29) is 5.56 Å². The molecule has 0 spiro atoms. The Kier molecular flexibility index (Phi) is 2.83. The summed E-state index contributed by atoms with van der Waals surface area (Å²) in [5, 5.41) is 0. The van der Waals surface area contributed by atoms with E-state index in [9.17, 15) is 4.79 Å². The van der Waals surface area contributed by atoms with Crippen molar-refractivity contribution in [1.82, 2.24) is 4.57 Å². The van der Waals surface area contributed by atoms with Crippen LogP contribution in [0.25, 0.3) is 11.1 Å². The topological polar surface area (TPSA) is 48.0 Å². The van der Waals surface area contributed by atoms with E-state index in [1.165, 1.54) is 4.57 Å². The van der Waals surface area contributed by atoms with Gasteiger partial charge in [0.15, 0.2) is 0 Å². The van der Waals surface area contributed by atoms with Gasteiger partial charge in [-0.05, 0) is 29.3 Å². The summed E-state index contributed by atoms with van der Waals surface area (Å²) in [7, 11) is 1.66. The van der Waals surface area contributed by atoms with E-state index in [2.05, 4.69) is 15.9 Å². The Morgan fingerprint density at radius 1 is 1.12 bits per heavy atom. The highest BCUT2D eigenvalue weighted by atomic mass is 79.9. The molecule has 0 radical (unpaired) electrons. The molecule has 0 atom stereocenters. The highest BCUT2D eigenvalue weighted by Crippen LogP contribution is 2.21. The minimum Gasteiger partial charge on any atom is -0.385 e. The van der Waals surface area contributed by atoms with Crippen LogP contribution in [-0.2, 0) is 7.05 Å². The second-order valence-corrected chi connectivity index (χ2v) is 4.49. The number of nitrogens with two attached hydrogens (primary N) is 1. The van der Waals surface area contributed by atoms with Gasteiger partial charge in [0.25, 0.3) is 5.56 Å². The van der Waals surface area contributed by atoms with Crippen molar-refractivity contribution in [2.75, 3.05) is 5.73 Å². The van der Waals surface area contributed by atoms with E-state index >= 15 is 0 Å². The first kappa shape index (κ1) is 11.0. The van der Waals surface area contributed by atoms with Crippen molar-refractivity contribution in [3.8, 4) is 11.1 Å². The number of anilines is 1.